The van der Waals surface area contributed by atoms with Gasteiger partial charge < -0.3 is 9.84 Å². The van der Waals surface area contributed by atoms with Gasteiger partial charge in [-0.05, 0) is 0 Å². The second-order valence-corrected chi connectivity index (χ2v) is 2.05. The summed E-state index contributed by atoms with van der Waals surface area (Å²) in [5.41, 5.74) is 0. The fraction of sp³-hybridized carbons (Fsp3) is 0.833. The zero-order valence-corrected chi connectivity index (χ0v) is 6.65. The molecule has 0 saturated heterocycles. The lowest BCUT2D eigenvalue weighted by Gasteiger charge is -2.03. The lowest BCUT2D eigenvalue weighted by molar-refractivity contribution is -0.176. The topological polar surface area (TPSA) is 87.0 Å². The normalized spacial score (nSPS) is 8.55. The van der Waals surface area contributed by atoms with Crippen molar-refractivity contribution < 1.29 is 25.2 Å². The van der Waals surface area contributed by atoms with Crippen LogP contribution in [0.25, 0.3) is 0 Å². The fourth-order valence-corrected chi connectivity index (χ4v) is 0.313. The molecular weight excluding hydrogens is 152 g/mol. The van der Waals surface area contributed by atoms with Crippen LogP contribution in [0.1, 0.15) is 13.8 Å². The second kappa shape index (κ2) is 9.35. The van der Waals surface area contributed by atoms with Crippen LogP contribution in [0.5, 0.6) is 0 Å². The second-order valence-electron chi connectivity index (χ2n) is 2.05. The summed E-state index contributed by atoms with van der Waals surface area (Å²) in [4.78, 5) is 10.6. The van der Waals surface area contributed by atoms with Crippen LogP contribution in [-0.4, -0.2) is 34.8 Å². The van der Waals surface area contributed by atoms with Crippen molar-refractivity contribution in [3.63, 3.8) is 0 Å². The number of esters is 1. The maximum Gasteiger partial charge on any atom is 0.308 e. The minimum Gasteiger partial charge on any atom is -0.463 e. The van der Waals surface area contributed by atoms with Gasteiger partial charge in [-0.15, -0.1) is 0 Å². The quantitative estimate of drug-likeness (QED) is 0.316. The van der Waals surface area contributed by atoms with E-state index in [2.05, 4.69) is 4.74 Å². The van der Waals surface area contributed by atoms with E-state index in [1.54, 1.807) is 13.8 Å². The monoisotopic (exact) mass is 166 g/mol. The average molecular weight is 166 g/mol. The first-order valence-corrected chi connectivity index (χ1v) is 3.16. The molecule has 0 aromatic rings. The van der Waals surface area contributed by atoms with E-state index in [1.807, 2.05) is 0 Å². The van der Waals surface area contributed by atoms with E-state index in [0.717, 1.165) is 0 Å². The highest BCUT2D eigenvalue weighted by atomic mass is 17.0. The van der Waals surface area contributed by atoms with E-state index in [0.29, 0.717) is 0 Å². The Morgan fingerprint density at radius 2 is 1.91 bits per heavy atom. The van der Waals surface area contributed by atoms with Crippen LogP contribution >= 0.6 is 0 Å². The Morgan fingerprint density at radius 3 is 2.18 bits per heavy atom. The molecule has 68 valence electrons. The van der Waals surface area contributed by atoms with Gasteiger partial charge in [-0.25, -0.2) is 0 Å². The van der Waals surface area contributed by atoms with Crippen LogP contribution in [0.4, 0.5) is 0 Å². The Balaban J connectivity index is 0. The van der Waals surface area contributed by atoms with Crippen molar-refractivity contribution in [2.45, 2.75) is 13.8 Å². The maximum atomic E-state index is 10.6. The van der Waals surface area contributed by atoms with Crippen molar-refractivity contribution in [1.29, 1.82) is 0 Å². The summed E-state index contributed by atoms with van der Waals surface area (Å²) >= 11 is 0. The van der Waals surface area contributed by atoms with Gasteiger partial charge in [-0.1, -0.05) is 13.8 Å². The molecule has 0 fully saturated rings. The van der Waals surface area contributed by atoms with Crippen molar-refractivity contribution in [2.75, 3.05) is 13.2 Å². The third-order valence-electron chi connectivity index (χ3n) is 0.807. The van der Waals surface area contributed by atoms with E-state index >= 15 is 0 Å². The molecule has 5 nitrogen and oxygen atoms in total. The van der Waals surface area contributed by atoms with Crippen molar-refractivity contribution in [2.24, 2.45) is 5.92 Å². The molecule has 0 aliphatic carbocycles. The minimum absolute atomic E-state index is 0.0987. The van der Waals surface area contributed by atoms with E-state index in [9.17, 15) is 4.79 Å². The van der Waals surface area contributed by atoms with E-state index in [-0.39, 0.29) is 25.1 Å². The fourth-order valence-electron chi connectivity index (χ4n) is 0.313. The molecule has 0 heterocycles. The summed E-state index contributed by atoms with van der Waals surface area (Å²) in [7, 11) is 0. The van der Waals surface area contributed by atoms with E-state index in [4.69, 9.17) is 15.6 Å². The van der Waals surface area contributed by atoms with E-state index in [1.165, 1.54) is 0 Å². The smallest absolute Gasteiger partial charge is 0.308 e. The lowest BCUT2D eigenvalue weighted by Crippen LogP contribution is -2.13. The molecule has 0 atom stereocenters. The van der Waals surface area contributed by atoms with Gasteiger partial charge in [0.25, 0.3) is 0 Å². The number of carbonyl (C=O) groups is 1. The molecule has 11 heavy (non-hydrogen) atoms. The summed E-state index contributed by atoms with van der Waals surface area (Å²) in [5.74, 6) is -0.361. The zero-order valence-electron chi connectivity index (χ0n) is 6.65. The molecular formula is C6H14O5. The van der Waals surface area contributed by atoms with Gasteiger partial charge in [0.15, 0.2) is 0 Å². The minimum atomic E-state index is -0.260. The Labute approximate surface area is 65.2 Å². The number of hydrogen-bond donors (Lipinski definition) is 3. The molecule has 0 bridgehead atoms. The molecule has 0 aromatic carbocycles. The van der Waals surface area contributed by atoms with Crippen molar-refractivity contribution in [1.82, 2.24) is 0 Å². The SMILES string of the molecule is CC(C)C(=O)OCCO.OO. The Kier molecular flexibility index (Phi) is 11.0. The van der Waals surface area contributed by atoms with Crippen LogP contribution in [0.15, 0.2) is 0 Å². The predicted octanol–water partition coefficient (Wildman–Crippen LogP) is 0.195. The summed E-state index contributed by atoms with van der Waals surface area (Å²) in [5, 5.41) is 20.2. The number of ether oxygens (including phenoxy) is 1. The Bertz CT molecular complexity index is 91.0. The number of hydrogen-bond acceptors (Lipinski definition) is 5. The predicted molar refractivity (Wildman–Crippen MR) is 38.1 cm³/mol. The van der Waals surface area contributed by atoms with Crippen LogP contribution < -0.4 is 0 Å². The Hall–Kier alpha value is -0.650. The number of aliphatic hydroxyl groups excluding tert-OH is 1. The van der Waals surface area contributed by atoms with Gasteiger partial charge in [-0.2, -0.15) is 0 Å². The van der Waals surface area contributed by atoms with Crippen LogP contribution in [-0.2, 0) is 9.53 Å². The first kappa shape index (κ1) is 13.0. The zero-order chi connectivity index (χ0) is 9.28. The van der Waals surface area contributed by atoms with E-state index < -0.39 is 0 Å². The molecule has 0 amide bonds. The Morgan fingerprint density at radius 1 is 1.45 bits per heavy atom. The van der Waals surface area contributed by atoms with Crippen molar-refractivity contribution >= 4 is 5.97 Å². The molecule has 5 heteroatoms. The maximum absolute atomic E-state index is 10.6. The first-order chi connectivity index (χ1) is 5.18. The summed E-state index contributed by atoms with van der Waals surface area (Å²) in [6, 6.07) is 0. The van der Waals surface area contributed by atoms with Gasteiger partial charge >= 0.3 is 5.97 Å². The summed E-state index contributed by atoms with van der Waals surface area (Å²) in [6.45, 7) is 3.51. The standard InChI is InChI=1S/C6H12O3.H2O2/c1-5(2)6(8)9-4-3-7;1-2/h5,7H,3-4H2,1-2H3;1-2H. The molecule has 0 saturated carbocycles. The van der Waals surface area contributed by atoms with Gasteiger partial charge in [0, 0.05) is 0 Å². The van der Waals surface area contributed by atoms with Crippen LogP contribution in [0.2, 0.25) is 0 Å². The molecule has 0 radical (unpaired) electrons. The van der Waals surface area contributed by atoms with Crippen LogP contribution in [0, 0.1) is 5.92 Å². The number of aliphatic hydroxyl groups is 1. The first-order valence-electron chi connectivity index (χ1n) is 3.16. The average Bonchev–Trinajstić information content (AvgIpc) is 2.03. The molecule has 0 rings (SSSR count). The van der Waals surface area contributed by atoms with Crippen LogP contribution in [0.3, 0.4) is 0 Å². The van der Waals surface area contributed by atoms with Gasteiger partial charge in [0.1, 0.15) is 6.61 Å². The van der Waals surface area contributed by atoms with Crippen molar-refractivity contribution in [3.05, 3.63) is 0 Å². The molecule has 0 aliphatic rings. The summed E-state index contributed by atoms with van der Waals surface area (Å²) in [6.07, 6.45) is 0. The van der Waals surface area contributed by atoms with Gasteiger partial charge in [0.05, 0.1) is 12.5 Å². The highest BCUT2D eigenvalue weighted by Gasteiger charge is 2.06. The van der Waals surface area contributed by atoms with Crippen molar-refractivity contribution in [3.8, 4) is 0 Å². The highest BCUT2D eigenvalue weighted by Crippen LogP contribution is 1.94. The lowest BCUT2D eigenvalue weighted by atomic mass is 10.2. The molecule has 0 aliphatic heterocycles. The van der Waals surface area contributed by atoms with Gasteiger partial charge in [0.2, 0.25) is 0 Å². The third-order valence-corrected chi connectivity index (χ3v) is 0.807. The third kappa shape index (κ3) is 9.35. The number of rotatable bonds is 3. The molecule has 0 aromatic heterocycles. The highest BCUT2D eigenvalue weighted by molar-refractivity contribution is 5.71. The molecule has 0 spiro atoms. The number of carbonyl (C=O) groups excluding carboxylic acids is 1. The molecule has 0 unspecified atom stereocenters. The molecule has 3 N–H and O–H groups in total. The van der Waals surface area contributed by atoms with Gasteiger partial charge in [-0.3, -0.25) is 15.3 Å². The largest absolute Gasteiger partial charge is 0.463 e. The summed E-state index contributed by atoms with van der Waals surface area (Å²) < 4.78 is 4.56.